The molecule has 0 saturated carbocycles. The summed E-state index contributed by atoms with van der Waals surface area (Å²) in [7, 11) is 4.14. The van der Waals surface area contributed by atoms with E-state index in [9.17, 15) is 0 Å². The van der Waals surface area contributed by atoms with Gasteiger partial charge in [-0.15, -0.1) is 11.3 Å². The van der Waals surface area contributed by atoms with Gasteiger partial charge in [-0.3, -0.25) is 0 Å². The van der Waals surface area contributed by atoms with Crippen LogP contribution in [0.15, 0.2) is 35.7 Å². The van der Waals surface area contributed by atoms with Gasteiger partial charge in [-0.25, -0.2) is 0 Å². The summed E-state index contributed by atoms with van der Waals surface area (Å²) >= 11 is 13.2. The fraction of sp³-hybridized carbons (Fsp3) is 0.312. The van der Waals surface area contributed by atoms with E-state index in [1.54, 1.807) is 11.3 Å². The lowest BCUT2D eigenvalue weighted by Crippen LogP contribution is -2.36. The second-order valence-corrected chi connectivity index (χ2v) is 7.09. The zero-order valence-electron chi connectivity index (χ0n) is 12.9. The number of likely N-dealkylation sites (N-methyl/N-ethyl adjacent to an activating group) is 1. The molecule has 0 aliphatic rings. The van der Waals surface area contributed by atoms with Crippen molar-refractivity contribution in [2.24, 2.45) is 0 Å². The minimum atomic E-state index is 0.293. The molecule has 6 heteroatoms. The normalized spacial score (nSPS) is 12.2. The summed E-state index contributed by atoms with van der Waals surface area (Å²) in [5, 5.41) is 9.88. The highest BCUT2D eigenvalue weighted by molar-refractivity contribution is 7.80. The number of rotatable bonds is 5. The van der Waals surface area contributed by atoms with Crippen LogP contribution in [0, 0.1) is 6.92 Å². The van der Waals surface area contributed by atoms with Gasteiger partial charge in [-0.2, -0.15) is 0 Å². The number of hydrogen-bond donors (Lipinski definition) is 2. The quantitative estimate of drug-likeness (QED) is 0.784. The molecule has 1 atom stereocenters. The Bertz CT molecular complexity index is 626. The van der Waals surface area contributed by atoms with Crippen molar-refractivity contribution >= 4 is 46.0 Å². The first-order chi connectivity index (χ1) is 10.5. The van der Waals surface area contributed by atoms with Crippen LogP contribution in [0.25, 0.3) is 0 Å². The Morgan fingerprint density at radius 1 is 1.36 bits per heavy atom. The van der Waals surface area contributed by atoms with Crippen LogP contribution < -0.4 is 10.6 Å². The molecule has 1 heterocycles. The molecule has 0 radical (unpaired) electrons. The van der Waals surface area contributed by atoms with E-state index in [1.807, 2.05) is 25.1 Å². The van der Waals surface area contributed by atoms with Crippen molar-refractivity contribution in [1.29, 1.82) is 0 Å². The molecular formula is C16H20ClN3S2. The lowest BCUT2D eigenvalue weighted by molar-refractivity contribution is 0.303. The molecule has 0 unspecified atom stereocenters. The molecule has 2 N–H and O–H groups in total. The van der Waals surface area contributed by atoms with Crippen LogP contribution in [-0.2, 0) is 0 Å². The summed E-state index contributed by atoms with van der Waals surface area (Å²) in [6.07, 6.45) is 0. The van der Waals surface area contributed by atoms with Gasteiger partial charge in [0.2, 0.25) is 0 Å². The summed E-state index contributed by atoms with van der Waals surface area (Å²) < 4.78 is 0. The molecule has 0 aliphatic heterocycles. The van der Waals surface area contributed by atoms with Crippen LogP contribution in [0.2, 0.25) is 5.02 Å². The van der Waals surface area contributed by atoms with Crippen LogP contribution in [-0.4, -0.2) is 30.7 Å². The Balaban J connectivity index is 1.92. The van der Waals surface area contributed by atoms with E-state index >= 15 is 0 Å². The largest absolute Gasteiger partial charge is 0.360 e. The van der Waals surface area contributed by atoms with Crippen LogP contribution in [0.4, 0.5) is 5.69 Å². The van der Waals surface area contributed by atoms with Crippen molar-refractivity contribution in [3.63, 3.8) is 0 Å². The molecule has 0 bridgehead atoms. The molecule has 1 aromatic carbocycles. The van der Waals surface area contributed by atoms with Gasteiger partial charge in [0.1, 0.15) is 0 Å². The molecule has 0 aliphatic carbocycles. The van der Waals surface area contributed by atoms with Gasteiger partial charge < -0.3 is 15.5 Å². The first kappa shape index (κ1) is 17.2. The number of thiophene rings is 1. The minimum Gasteiger partial charge on any atom is -0.360 e. The van der Waals surface area contributed by atoms with Crippen molar-refractivity contribution in [2.75, 3.05) is 26.0 Å². The van der Waals surface area contributed by atoms with Crippen LogP contribution in [0.1, 0.15) is 16.5 Å². The molecule has 22 heavy (non-hydrogen) atoms. The fourth-order valence-corrected chi connectivity index (χ4v) is 3.36. The van der Waals surface area contributed by atoms with E-state index in [0.29, 0.717) is 11.2 Å². The predicted octanol–water partition coefficient (Wildman–Crippen LogP) is 4.30. The van der Waals surface area contributed by atoms with Crippen LogP contribution in [0.5, 0.6) is 0 Å². The molecule has 0 amide bonds. The lowest BCUT2D eigenvalue weighted by Gasteiger charge is -2.24. The van der Waals surface area contributed by atoms with Gasteiger partial charge in [-0.1, -0.05) is 23.7 Å². The number of anilines is 1. The number of aryl methyl sites for hydroxylation is 1. The highest BCUT2D eigenvalue weighted by atomic mass is 35.5. The average Bonchev–Trinajstić information content (AvgIpc) is 2.97. The molecule has 118 valence electrons. The van der Waals surface area contributed by atoms with E-state index in [2.05, 4.69) is 47.1 Å². The highest BCUT2D eigenvalue weighted by Crippen LogP contribution is 2.23. The fourth-order valence-electron chi connectivity index (χ4n) is 2.05. The Labute approximate surface area is 146 Å². The summed E-state index contributed by atoms with van der Waals surface area (Å²) in [5.74, 6) is 0. The first-order valence-electron chi connectivity index (χ1n) is 6.98. The van der Waals surface area contributed by atoms with Crippen molar-refractivity contribution in [3.05, 3.63) is 51.2 Å². The molecule has 2 rings (SSSR count). The number of halogens is 1. The average molecular weight is 354 g/mol. The Kier molecular flexibility index (Phi) is 6.20. The van der Waals surface area contributed by atoms with Gasteiger partial charge in [0, 0.05) is 22.1 Å². The maximum absolute atomic E-state index is 6.12. The Hall–Kier alpha value is -1.14. The molecule has 0 fully saturated rings. The van der Waals surface area contributed by atoms with E-state index in [0.717, 1.165) is 22.8 Å². The van der Waals surface area contributed by atoms with Crippen LogP contribution in [0.3, 0.4) is 0 Å². The molecule has 1 aromatic heterocycles. The lowest BCUT2D eigenvalue weighted by atomic mass is 10.2. The van der Waals surface area contributed by atoms with Gasteiger partial charge in [-0.05, 0) is 62.4 Å². The maximum atomic E-state index is 6.12. The topological polar surface area (TPSA) is 27.3 Å². The summed E-state index contributed by atoms with van der Waals surface area (Å²) in [6.45, 7) is 2.73. The monoisotopic (exact) mass is 353 g/mol. The van der Waals surface area contributed by atoms with Crippen molar-refractivity contribution in [2.45, 2.75) is 13.0 Å². The highest BCUT2D eigenvalue weighted by Gasteiger charge is 2.15. The molecular weight excluding hydrogens is 334 g/mol. The van der Waals surface area contributed by atoms with Crippen molar-refractivity contribution in [1.82, 2.24) is 10.2 Å². The second kappa shape index (κ2) is 7.92. The number of benzene rings is 1. The maximum Gasteiger partial charge on any atom is 0.170 e. The minimum absolute atomic E-state index is 0.293. The summed E-state index contributed by atoms with van der Waals surface area (Å²) in [6, 6.07) is 10.3. The van der Waals surface area contributed by atoms with E-state index in [4.69, 9.17) is 23.8 Å². The van der Waals surface area contributed by atoms with Gasteiger partial charge >= 0.3 is 0 Å². The first-order valence-corrected chi connectivity index (χ1v) is 8.65. The third-order valence-electron chi connectivity index (χ3n) is 3.38. The number of thiocarbonyl (C=S) groups is 1. The predicted molar refractivity (Wildman–Crippen MR) is 101 cm³/mol. The smallest absolute Gasteiger partial charge is 0.170 e. The molecule has 2 aromatic rings. The molecule has 0 saturated heterocycles. The third-order valence-corrected chi connectivity index (χ3v) is 5.01. The van der Waals surface area contributed by atoms with E-state index in [1.165, 1.54) is 4.88 Å². The van der Waals surface area contributed by atoms with Crippen molar-refractivity contribution < 1.29 is 0 Å². The summed E-state index contributed by atoms with van der Waals surface area (Å²) in [5.41, 5.74) is 1.95. The van der Waals surface area contributed by atoms with E-state index < -0.39 is 0 Å². The zero-order chi connectivity index (χ0) is 16.1. The number of nitrogens with one attached hydrogen (secondary N) is 2. The number of nitrogens with zero attached hydrogens (tertiary/aromatic N) is 1. The van der Waals surface area contributed by atoms with Crippen LogP contribution >= 0.6 is 35.2 Å². The SMILES string of the molecule is Cc1ccc(NC(=S)NC[C@H](c2cccs2)N(C)C)cc1Cl. The van der Waals surface area contributed by atoms with Gasteiger partial charge in [0.25, 0.3) is 0 Å². The summed E-state index contributed by atoms with van der Waals surface area (Å²) in [4.78, 5) is 3.50. The zero-order valence-corrected chi connectivity index (χ0v) is 15.3. The Morgan fingerprint density at radius 2 is 2.14 bits per heavy atom. The third kappa shape index (κ3) is 4.68. The molecule has 3 nitrogen and oxygen atoms in total. The number of hydrogen-bond acceptors (Lipinski definition) is 3. The standard InChI is InChI=1S/C16H20ClN3S2/c1-11-6-7-12(9-13(11)17)19-16(21)18-10-14(20(2)3)15-5-4-8-22-15/h4-9,14H,10H2,1-3H3,(H2,18,19,21)/t14-/m1/s1. The Morgan fingerprint density at radius 3 is 2.73 bits per heavy atom. The molecule has 0 spiro atoms. The second-order valence-electron chi connectivity index (χ2n) is 5.29. The van der Waals surface area contributed by atoms with Gasteiger partial charge in [0.05, 0.1) is 6.04 Å². The van der Waals surface area contributed by atoms with Crippen molar-refractivity contribution in [3.8, 4) is 0 Å². The van der Waals surface area contributed by atoms with Gasteiger partial charge in [0.15, 0.2) is 5.11 Å². The van der Waals surface area contributed by atoms with E-state index in [-0.39, 0.29) is 0 Å².